The van der Waals surface area contributed by atoms with Crippen LogP contribution in [0.5, 0.6) is 0 Å². The van der Waals surface area contributed by atoms with Crippen LogP contribution < -0.4 is 0 Å². The molecule has 2 aromatic carbocycles. The summed E-state index contributed by atoms with van der Waals surface area (Å²) in [6.45, 7) is 0. The van der Waals surface area contributed by atoms with Crippen LogP contribution in [-0.4, -0.2) is 11.1 Å². The lowest BCUT2D eigenvalue weighted by Gasteiger charge is -2.02. The molecule has 0 aliphatic rings. The highest BCUT2D eigenvalue weighted by atomic mass is 32.2. The van der Waals surface area contributed by atoms with Crippen molar-refractivity contribution in [2.75, 3.05) is 0 Å². The molecule has 0 spiro atoms. The molecular weight excluding hydrogens is 288 g/mol. The van der Waals surface area contributed by atoms with E-state index >= 15 is 0 Å². The zero-order valence-electron chi connectivity index (χ0n) is 10.6. The van der Waals surface area contributed by atoms with Crippen molar-refractivity contribution in [1.82, 2.24) is 0 Å². The van der Waals surface area contributed by atoms with Gasteiger partial charge < -0.3 is 5.11 Å². The first-order valence-electron chi connectivity index (χ1n) is 6.17. The number of fused-ring (bicyclic) bond motifs is 1. The number of carbonyl (C=O) groups is 1. The summed E-state index contributed by atoms with van der Waals surface area (Å²) in [6, 6.07) is 17.9. The molecule has 3 rings (SSSR count). The van der Waals surface area contributed by atoms with Crippen LogP contribution in [0.25, 0.3) is 10.1 Å². The summed E-state index contributed by atoms with van der Waals surface area (Å²) >= 11 is 3.02. The molecule has 100 valence electrons. The van der Waals surface area contributed by atoms with Gasteiger partial charge in [0.1, 0.15) is 4.88 Å². The van der Waals surface area contributed by atoms with E-state index < -0.39 is 5.97 Å². The Morgan fingerprint density at radius 3 is 2.50 bits per heavy atom. The molecule has 3 aromatic rings. The predicted molar refractivity (Wildman–Crippen MR) is 84.8 cm³/mol. The van der Waals surface area contributed by atoms with Crippen molar-refractivity contribution in [3.05, 3.63) is 65.0 Å². The molecule has 0 saturated heterocycles. The van der Waals surface area contributed by atoms with Gasteiger partial charge in [-0.3, -0.25) is 0 Å². The fraction of sp³-hybridized carbons (Fsp3) is 0.0625. The zero-order chi connectivity index (χ0) is 13.9. The smallest absolute Gasteiger partial charge is 0.346 e. The van der Waals surface area contributed by atoms with Gasteiger partial charge in [0.15, 0.2) is 0 Å². The Hall–Kier alpha value is -1.78. The number of hydrogen-bond acceptors (Lipinski definition) is 3. The standard InChI is InChI=1S/C16H12O2S2/c17-16(18)15-13(10-19-11-6-2-1-3-7-11)12-8-4-5-9-14(12)20-15/h1-9H,10H2,(H,17,18). The Balaban J connectivity index is 1.97. The van der Waals surface area contributed by atoms with Crippen LogP contribution in [0.2, 0.25) is 0 Å². The molecule has 1 aromatic heterocycles. The SMILES string of the molecule is O=C(O)c1sc2ccccc2c1CSc1ccccc1. The van der Waals surface area contributed by atoms with Crippen LogP contribution in [0, 0.1) is 0 Å². The van der Waals surface area contributed by atoms with Gasteiger partial charge in [-0.2, -0.15) is 0 Å². The first kappa shape index (κ1) is 13.2. The van der Waals surface area contributed by atoms with Crippen LogP contribution in [0.1, 0.15) is 15.2 Å². The highest BCUT2D eigenvalue weighted by Gasteiger charge is 2.17. The van der Waals surface area contributed by atoms with Crippen molar-refractivity contribution < 1.29 is 9.90 Å². The minimum absolute atomic E-state index is 0.453. The van der Waals surface area contributed by atoms with Crippen LogP contribution in [-0.2, 0) is 5.75 Å². The van der Waals surface area contributed by atoms with Crippen molar-refractivity contribution >= 4 is 39.2 Å². The van der Waals surface area contributed by atoms with Crippen LogP contribution in [0.4, 0.5) is 0 Å². The van der Waals surface area contributed by atoms with Crippen molar-refractivity contribution in [2.24, 2.45) is 0 Å². The maximum absolute atomic E-state index is 11.4. The van der Waals surface area contributed by atoms with Crippen LogP contribution >= 0.6 is 23.1 Å². The van der Waals surface area contributed by atoms with Gasteiger partial charge >= 0.3 is 5.97 Å². The van der Waals surface area contributed by atoms with Crippen molar-refractivity contribution in [3.63, 3.8) is 0 Å². The van der Waals surface area contributed by atoms with Gasteiger partial charge in [-0.05, 0) is 29.1 Å². The lowest BCUT2D eigenvalue weighted by molar-refractivity contribution is 0.0701. The molecule has 0 bridgehead atoms. The zero-order valence-corrected chi connectivity index (χ0v) is 12.2. The Kier molecular flexibility index (Phi) is 3.76. The van der Waals surface area contributed by atoms with E-state index in [0.29, 0.717) is 10.6 Å². The van der Waals surface area contributed by atoms with E-state index in [1.807, 2.05) is 54.6 Å². The Labute approximate surface area is 125 Å². The molecule has 4 heteroatoms. The van der Waals surface area contributed by atoms with E-state index in [-0.39, 0.29) is 0 Å². The van der Waals surface area contributed by atoms with Crippen molar-refractivity contribution in [1.29, 1.82) is 0 Å². The fourth-order valence-electron chi connectivity index (χ4n) is 2.09. The Morgan fingerprint density at radius 1 is 1.05 bits per heavy atom. The van der Waals surface area contributed by atoms with Gasteiger partial charge in [-0.15, -0.1) is 23.1 Å². The number of rotatable bonds is 4. The molecule has 1 heterocycles. The quantitative estimate of drug-likeness (QED) is 0.697. The molecule has 0 radical (unpaired) electrons. The average Bonchev–Trinajstić information content (AvgIpc) is 2.85. The molecule has 0 saturated carbocycles. The molecule has 1 N–H and O–H groups in total. The van der Waals surface area contributed by atoms with E-state index in [4.69, 9.17) is 0 Å². The number of aromatic carboxylic acids is 1. The lowest BCUT2D eigenvalue weighted by atomic mass is 10.1. The number of carboxylic acid groups (broad SMARTS) is 1. The van der Waals surface area contributed by atoms with E-state index in [9.17, 15) is 9.90 Å². The summed E-state index contributed by atoms with van der Waals surface area (Å²) in [5.41, 5.74) is 0.923. The number of carboxylic acids is 1. The van der Waals surface area contributed by atoms with Crippen molar-refractivity contribution in [2.45, 2.75) is 10.6 Å². The highest BCUT2D eigenvalue weighted by Crippen LogP contribution is 2.35. The van der Waals surface area contributed by atoms with Crippen LogP contribution in [0.15, 0.2) is 59.5 Å². The summed E-state index contributed by atoms with van der Waals surface area (Å²) in [5, 5.41) is 10.4. The van der Waals surface area contributed by atoms with E-state index in [1.54, 1.807) is 11.8 Å². The first-order valence-corrected chi connectivity index (χ1v) is 7.97. The Morgan fingerprint density at radius 2 is 1.75 bits per heavy atom. The van der Waals surface area contributed by atoms with Gasteiger partial charge in [0.25, 0.3) is 0 Å². The second-order valence-corrected chi connectivity index (χ2v) is 6.41. The Bertz CT molecular complexity index is 748. The summed E-state index contributed by atoms with van der Waals surface area (Å²) in [5.74, 6) is -0.162. The maximum Gasteiger partial charge on any atom is 0.346 e. The molecule has 2 nitrogen and oxygen atoms in total. The highest BCUT2D eigenvalue weighted by molar-refractivity contribution is 7.98. The monoisotopic (exact) mass is 300 g/mol. The summed E-state index contributed by atoms with van der Waals surface area (Å²) < 4.78 is 1.04. The normalized spacial score (nSPS) is 10.8. The minimum atomic E-state index is -0.838. The summed E-state index contributed by atoms with van der Waals surface area (Å²) in [7, 11) is 0. The summed E-state index contributed by atoms with van der Waals surface area (Å²) in [6.07, 6.45) is 0. The lowest BCUT2D eigenvalue weighted by Crippen LogP contribution is -1.96. The molecule has 0 aliphatic heterocycles. The van der Waals surface area contributed by atoms with Crippen molar-refractivity contribution in [3.8, 4) is 0 Å². The van der Waals surface area contributed by atoms with Gasteiger partial charge in [-0.25, -0.2) is 4.79 Å². The second kappa shape index (κ2) is 5.69. The first-order chi connectivity index (χ1) is 9.75. The predicted octanol–water partition coefficient (Wildman–Crippen LogP) is 4.89. The number of benzene rings is 2. The summed E-state index contributed by atoms with van der Waals surface area (Å²) in [4.78, 5) is 13.0. The number of hydrogen-bond donors (Lipinski definition) is 1. The third-order valence-electron chi connectivity index (χ3n) is 3.02. The molecular formula is C16H12O2S2. The average molecular weight is 300 g/mol. The molecule has 0 amide bonds. The van der Waals surface area contributed by atoms with Gasteiger partial charge in [0.2, 0.25) is 0 Å². The third-order valence-corrected chi connectivity index (χ3v) is 5.26. The molecule has 20 heavy (non-hydrogen) atoms. The van der Waals surface area contributed by atoms with Crippen LogP contribution in [0.3, 0.4) is 0 Å². The third kappa shape index (κ3) is 2.57. The number of thioether (sulfide) groups is 1. The fourth-order valence-corrected chi connectivity index (χ4v) is 4.20. The van der Waals surface area contributed by atoms with E-state index in [0.717, 1.165) is 20.5 Å². The molecule has 0 fully saturated rings. The minimum Gasteiger partial charge on any atom is -0.477 e. The van der Waals surface area contributed by atoms with Gasteiger partial charge in [0.05, 0.1) is 0 Å². The van der Waals surface area contributed by atoms with Gasteiger partial charge in [0, 0.05) is 15.3 Å². The topological polar surface area (TPSA) is 37.3 Å². The van der Waals surface area contributed by atoms with Gasteiger partial charge in [-0.1, -0.05) is 36.4 Å². The largest absolute Gasteiger partial charge is 0.477 e. The molecule has 0 aliphatic carbocycles. The molecule has 0 unspecified atom stereocenters. The molecule has 0 atom stereocenters. The maximum atomic E-state index is 11.4. The second-order valence-electron chi connectivity index (χ2n) is 4.31. The van der Waals surface area contributed by atoms with E-state index in [1.165, 1.54) is 11.3 Å². The number of thiophene rings is 1. The van der Waals surface area contributed by atoms with E-state index in [2.05, 4.69) is 0 Å².